The molecule has 3 N–H and O–H groups in total. The van der Waals surface area contributed by atoms with E-state index in [9.17, 15) is 9.35 Å². The Labute approximate surface area is 213 Å². The van der Waals surface area contributed by atoms with E-state index in [1.807, 2.05) is 6.20 Å². The molecule has 0 saturated heterocycles. The molecular weight excluding hydrogens is 505 g/mol. The van der Waals surface area contributed by atoms with Crippen LogP contribution in [0.3, 0.4) is 0 Å². The SMILES string of the molecule is COC(=O)c1csc([S+]([O-])Nc2ccc(-c3cn(C4CCCC4)c4ncnc(N)c34)cc2F)c1OC. The molecule has 3 heterocycles. The van der Waals surface area contributed by atoms with Crippen molar-refractivity contribution in [3.8, 4) is 16.9 Å². The summed E-state index contributed by atoms with van der Waals surface area (Å²) in [5, 5.41) is 2.18. The van der Waals surface area contributed by atoms with E-state index in [-0.39, 0.29) is 21.2 Å². The van der Waals surface area contributed by atoms with Crippen molar-refractivity contribution in [2.24, 2.45) is 0 Å². The lowest BCUT2D eigenvalue weighted by Gasteiger charge is -2.13. The largest absolute Gasteiger partial charge is 0.587 e. The second-order valence-corrected chi connectivity index (χ2v) is 10.7. The number of halogens is 1. The van der Waals surface area contributed by atoms with E-state index in [0.717, 1.165) is 48.2 Å². The van der Waals surface area contributed by atoms with E-state index < -0.39 is 23.1 Å². The second kappa shape index (κ2) is 9.96. The minimum absolute atomic E-state index is 0.0379. The molecule has 5 rings (SSSR count). The second-order valence-electron chi connectivity index (χ2n) is 8.37. The Hall–Kier alpha value is -3.35. The fourth-order valence-corrected chi connectivity index (χ4v) is 6.77. The van der Waals surface area contributed by atoms with Gasteiger partial charge in [-0.15, -0.1) is 0 Å². The van der Waals surface area contributed by atoms with Crippen molar-refractivity contribution in [1.82, 2.24) is 14.5 Å². The van der Waals surface area contributed by atoms with Crippen LogP contribution in [0.2, 0.25) is 0 Å². The Balaban J connectivity index is 1.47. The monoisotopic (exact) mass is 529 g/mol. The van der Waals surface area contributed by atoms with E-state index in [4.69, 9.17) is 15.2 Å². The number of rotatable bonds is 7. The van der Waals surface area contributed by atoms with E-state index in [0.29, 0.717) is 22.8 Å². The van der Waals surface area contributed by atoms with Gasteiger partial charge >= 0.3 is 5.97 Å². The molecule has 0 amide bonds. The van der Waals surface area contributed by atoms with Gasteiger partial charge in [0, 0.05) is 23.2 Å². The number of methoxy groups -OCH3 is 2. The van der Waals surface area contributed by atoms with Crippen LogP contribution in [0.15, 0.2) is 40.3 Å². The number of carbonyl (C=O) groups is 1. The minimum atomic E-state index is -1.88. The van der Waals surface area contributed by atoms with Gasteiger partial charge in [0.15, 0.2) is 5.82 Å². The summed E-state index contributed by atoms with van der Waals surface area (Å²) in [4.78, 5) is 20.5. The van der Waals surface area contributed by atoms with Gasteiger partial charge in [0.05, 0.1) is 19.6 Å². The lowest BCUT2D eigenvalue weighted by atomic mass is 10.1. The van der Waals surface area contributed by atoms with Crippen molar-refractivity contribution in [1.29, 1.82) is 0 Å². The highest BCUT2D eigenvalue weighted by molar-refractivity contribution is 7.94. The van der Waals surface area contributed by atoms with Crippen molar-refractivity contribution in [3.63, 3.8) is 0 Å². The Morgan fingerprint density at radius 2 is 2.08 bits per heavy atom. The van der Waals surface area contributed by atoms with Crippen LogP contribution in [0.5, 0.6) is 5.75 Å². The number of anilines is 2. The number of fused-ring (bicyclic) bond motifs is 1. The summed E-state index contributed by atoms with van der Waals surface area (Å²) in [7, 11) is 2.61. The maximum Gasteiger partial charge on any atom is 0.342 e. The van der Waals surface area contributed by atoms with Crippen LogP contribution in [-0.2, 0) is 16.1 Å². The Bertz CT molecular complexity index is 1430. The molecule has 1 fully saturated rings. The van der Waals surface area contributed by atoms with Crippen LogP contribution in [0, 0.1) is 5.82 Å². The molecule has 1 unspecified atom stereocenters. The van der Waals surface area contributed by atoms with Crippen LogP contribution in [0.1, 0.15) is 42.1 Å². The molecule has 1 saturated carbocycles. The Kier molecular flexibility index (Phi) is 6.73. The van der Waals surface area contributed by atoms with Gasteiger partial charge in [0.1, 0.15) is 40.4 Å². The first-order valence-electron chi connectivity index (χ1n) is 11.3. The number of carbonyl (C=O) groups excluding carboxylic acids is 1. The Morgan fingerprint density at radius 1 is 1.31 bits per heavy atom. The molecular formula is C24H24FN5O4S2. The fourth-order valence-electron chi connectivity index (χ4n) is 4.60. The quantitative estimate of drug-likeness (QED) is 0.255. The van der Waals surface area contributed by atoms with Gasteiger partial charge in [-0.1, -0.05) is 30.2 Å². The number of hydrogen-bond acceptors (Lipinski definition) is 9. The standard InChI is InChI=1S/C24H24FN5O4S2/c1-33-20-16(23(31)34-2)11-35-24(20)36(32)29-18-8-7-13(9-17(18)25)15-10-30(14-5-3-4-6-14)22-19(15)21(26)27-12-28-22/h7-12,14,29H,3-6H2,1-2H3,(H2,26,27,28). The number of esters is 1. The summed E-state index contributed by atoms with van der Waals surface area (Å²) in [6.07, 6.45) is 7.84. The van der Waals surface area contributed by atoms with Gasteiger partial charge in [-0.25, -0.2) is 19.2 Å². The molecule has 4 aromatic rings. The van der Waals surface area contributed by atoms with Gasteiger partial charge in [-0.05, 0) is 30.5 Å². The molecule has 1 atom stereocenters. The third kappa shape index (κ3) is 4.25. The zero-order valence-electron chi connectivity index (χ0n) is 19.6. The highest BCUT2D eigenvalue weighted by Crippen LogP contribution is 2.40. The summed E-state index contributed by atoms with van der Waals surface area (Å²) < 4.78 is 43.2. The molecule has 3 aromatic heterocycles. The topological polar surface area (TPSA) is 127 Å². The van der Waals surface area contributed by atoms with Gasteiger partial charge in [0.2, 0.25) is 5.75 Å². The van der Waals surface area contributed by atoms with Crippen molar-refractivity contribution in [2.45, 2.75) is 35.9 Å². The van der Waals surface area contributed by atoms with Crippen LogP contribution >= 0.6 is 11.3 Å². The molecule has 36 heavy (non-hydrogen) atoms. The predicted molar refractivity (Wildman–Crippen MR) is 137 cm³/mol. The molecule has 0 spiro atoms. The summed E-state index contributed by atoms with van der Waals surface area (Å²) in [5.41, 5.74) is 8.49. The Morgan fingerprint density at radius 3 is 2.78 bits per heavy atom. The molecule has 0 aliphatic heterocycles. The average Bonchev–Trinajstić information content (AvgIpc) is 3.63. The van der Waals surface area contributed by atoms with Gasteiger partial charge in [-0.2, -0.15) is 4.72 Å². The molecule has 9 nitrogen and oxygen atoms in total. The summed E-state index contributed by atoms with van der Waals surface area (Å²) in [6.45, 7) is 0. The molecule has 1 aromatic carbocycles. The lowest BCUT2D eigenvalue weighted by molar-refractivity contribution is 0.0597. The van der Waals surface area contributed by atoms with E-state index in [1.165, 1.54) is 38.1 Å². The van der Waals surface area contributed by atoms with Crippen LogP contribution in [0.25, 0.3) is 22.2 Å². The number of nitrogen functional groups attached to an aromatic ring is 1. The highest BCUT2D eigenvalue weighted by Gasteiger charge is 2.29. The van der Waals surface area contributed by atoms with Gasteiger partial charge in [-0.3, -0.25) is 0 Å². The van der Waals surface area contributed by atoms with Crippen molar-refractivity contribution >= 4 is 51.2 Å². The number of aromatic nitrogens is 3. The molecule has 0 radical (unpaired) electrons. The predicted octanol–water partition coefficient (Wildman–Crippen LogP) is 4.93. The van der Waals surface area contributed by atoms with E-state index in [2.05, 4.69) is 19.3 Å². The van der Waals surface area contributed by atoms with Gasteiger partial charge in [0.25, 0.3) is 4.21 Å². The van der Waals surface area contributed by atoms with E-state index >= 15 is 4.39 Å². The highest BCUT2D eigenvalue weighted by atomic mass is 32.2. The first kappa shape index (κ1) is 24.3. The average molecular weight is 530 g/mol. The van der Waals surface area contributed by atoms with E-state index in [1.54, 1.807) is 6.07 Å². The third-order valence-corrected chi connectivity index (χ3v) is 8.75. The third-order valence-electron chi connectivity index (χ3n) is 6.33. The number of thiophene rings is 1. The smallest absolute Gasteiger partial charge is 0.342 e. The number of nitrogens with zero attached hydrogens (tertiary/aromatic N) is 3. The van der Waals surface area contributed by atoms with Crippen molar-refractivity contribution < 1.29 is 23.2 Å². The summed E-state index contributed by atoms with van der Waals surface area (Å²) in [5.74, 6) is -0.741. The number of benzene rings is 1. The first-order chi connectivity index (χ1) is 17.4. The molecule has 1 aliphatic carbocycles. The molecule has 1 aliphatic rings. The molecule has 188 valence electrons. The van der Waals surface area contributed by atoms with Crippen LogP contribution in [0.4, 0.5) is 15.9 Å². The maximum absolute atomic E-state index is 15.2. The molecule has 0 bridgehead atoms. The fraction of sp³-hybridized carbons (Fsp3) is 0.292. The first-order valence-corrected chi connectivity index (χ1v) is 13.3. The maximum atomic E-state index is 15.2. The minimum Gasteiger partial charge on any atom is -0.587 e. The van der Waals surface area contributed by atoms with Crippen LogP contribution < -0.4 is 15.2 Å². The zero-order chi connectivity index (χ0) is 25.4. The number of nitrogens with two attached hydrogens (primary N) is 1. The number of hydrogen-bond donors (Lipinski definition) is 2. The lowest BCUT2D eigenvalue weighted by Crippen LogP contribution is -2.14. The normalized spacial score (nSPS) is 14.8. The zero-order valence-corrected chi connectivity index (χ0v) is 21.2. The van der Waals surface area contributed by atoms with Crippen LogP contribution in [-0.4, -0.2) is 39.3 Å². The number of ether oxygens (including phenoxy) is 2. The summed E-state index contributed by atoms with van der Waals surface area (Å²) >= 11 is -0.823. The van der Waals surface area contributed by atoms with Gasteiger partial charge < -0.3 is 24.3 Å². The summed E-state index contributed by atoms with van der Waals surface area (Å²) in [6, 6.07) is 4.93. The molecule has 12 heteroatoms. The number of nitrogens with one attached hydrogen (secondary N) is 1. The van der Waals surface area contributed by atoms with Crippen molar-refractivity contribution in [3.05, 3.63) is 47.5 Å². The van der Waals surface area contributed by atoms with Crippen molar-refractivity contribution in [2.75, 3.05) is 24.7 Å².